The van der Waals surface area contributed by atoms with Gasteiger partial charge in [0.25, 0.3) is 0 Å². The summed E-state index contributed by atoms with van der Waals surface area (Å²) in [5, 5.41) is 10.0. The second kappa shape index (κ2) is 13.6. The van der Waals surface area contributed by atoms with Crippen LogP contribution in [0, 0.1) is 5.92 Å². The molecule has 1 aromatic rings. The number of nitrogens with zero attached hydrogens (tertiary/aromatic N) is 1. The number of halogens is 3. The van der Waals surface area contributed by atoms with Crippen molar-refractivity contribution < 1.29 is 27.8 Å². The monoisotopic (exact) mass is 509 g/mol. The summed E-state index contributed by atoms with van der Waals surface area (Å²) in [6, 6.07) is 5.69. The molecule has 35 heavy (non-hydrogen) atoms. The minimum absolute atomic E-state index is 0.0302. The van der Waals surface area contributed by atoms with Crippen molar-refractivity contribution in [3.05, 3.63) is 65.3 Å². The Morgan fingerprint density at radius 2 is 2.06 bits per heavy atom. The molecule has 0 spiro atoms. The molecule has 0 aliphatic heterocycles. The molecule has 1 aliphatic rings. The Kier molecular flexibility index (Phi) is 11.1. The van der Waals surface area contributed by atoms with E-state index in [4.69, 9.17) is 9.84 Å². The molecule has 1 N–H and O–H groups in total. The zero-order valence-electron chi connectivity index (χ0n) is 20.5. The lowest BCUT2D eigenvalue weighted by Crippen LogP contribution is -2.09. The Morgan fingerprint density at radius 1 is 1.34 bits per heavy atom. The summed E-state index contributed by atoms with van der Waals surface area (Å²) in [5.41, 5.74) is 1.97. The average Bonchev–Trinajstić information content (AvgIpc) is 3.62. The maximum atomic E-state index is 12.8. The van der Waals surface area contributed by atoms with Crippen LogP contribution in [0.4, 0.5) is 13.2 Å². The van der Waals surface area contributed by atoms with E-state index < -0.39 is 17.7 Å². The van der Waals surface area contributed by atoms with Gasteiger partial charge in [0.1, 0.15) is 5.75 Å². The van der Waals surface area contributed by atoms with Crippen LogP contribution < -0.4 is 4.74 Å². The SMILES string of the molecule is C=C/C(=C\C=C(/C)C(C)CSC(CCCOc1cc(CC(=O)O)ccc1C1CC1)=NC)C(F)(F)F. The van der Waals surface area contributed by atoms with E-state index in [1.54, 1.807) is 18.8 Å². The van der Waals surface area contributed by atoms with Crippen molar-refractivity contribution in [1.29, 1.82) is 0 Å². The van der Waals surface area contributed by atoms with Crippen molar-refractivity contribution in [3.63, 3.8) is 0 Å². The first-order chi connectivity index (χ1) is 16.5. The molecular formula is C27H34F3NO3S. The molecule has 8 heteroatoms. The van der Waals surface area contributed by atoms with E-state index in [0.29, 0.717) is 18.3 Å². The molecule has 1 aliphatic carbocycles. The van der Waals surface area contributed by atoms with Crippen molar-refractivity contribution >= 4 is 22.8 Å². The first-order valence-corrected chi connectivity index (χ1v) is 12.7. The number of benzene rings is 1. The molecule has 2 rings (SSSR count). The number of carbonyl (C=O) groups is 1. The Bertz CT molecular complexity index is 978. The molecule has 1 unspecified atom stereocenters. The predicted molar refractivity (Wildman–Crippen MR) is 138 cm³/mol. The fourth-order valence-electron chi connectivity index (χ4n) is 3.39. The van der Waals surface area contributed by atoms with E-state index in [-0.39, 0.29) is 12.3 Å². The number of aliphatic carboxylic acids is 1. The van der Waals surface area contributed by atoms with Crippen LogP contribution in [0.25, 0.3) is 0 Å². The molecular weight excluding hydrogens is 475 g/mol. The highest BCUT2D eigenvalue weighted by Crippen LogP contribution is 2.44. The highest BCUT2D eigenvalue weighted by Gasteiger charge is 2.30. The van der Waals surface area contributed by atoms with Crippen molar-refractivity contribution in [2.24, 2.45) is 10.9 Å². The third-order valence-corrected chi connectivity index (χ3v) is 7.23. The normalized spacial score (nSPS) is 16.2. The van der Waals surface area contributed by atoms with Crippen LogP contribution in [0.1, 0.15) is 56.6 Å². The van der Waals surface area contributed by atoms with E-state index in [1.165, 1.54) is 6.08 Å². The van der Waals surface area contributed by atoms with E-state index in [1.807, 2.05) is 32.0 Å². The number of rotatable bonds is 13. The van der Waals surface area contributed by atoms with E-state index in [0.717, 1.165) is 65.3 Å². The van der Waals surface area contributed by atoms with Gasteiger partial charge in [0, 0.05) is 12.8 Å². The van der Waals surface area contributed by atoms with Gasteiger partial charge in [-0.3, -0.25) is 9.79 Å². The first kappa shape index (κ1) is 28.8. The van der Waals surface area contributed by atoms with E-state index >= 15 is 0 Å². The number of thioether (sulfide) groups is 1. The molecule has 0 bridgehead atoms. The van der Waals surface area contributed by atoms with Gasteiger partial charge in [0.2, 0.25) is 0 Å². The number of ether oxygens (including phenoxy) is 1. The van der Waals surface area contributed by atoms with Crippen LogP contribution in [0.15, 0.2) is 59.1 Å². The number of carboxylic acids is 1. The quantitative estimate of drug-likeness (QED) is 0.131. The lowest BCUT2D eigenvalue weighted by atomic mass is 10.0. The van der Waals surface area contributed by atoms with Gasteiger partial charge >= 0.3 is 12.1 Å². The van der Waals surface area contributed by atoms with Crippen molar-refractivity contribution in [3.8, 4) is 5.75 Å². The van der Waals surface area contributed by atoms with Gasteiger partial charge in [-0.25, -0.2) is 0 Å². The first-order valence-electron chi connectivity index (χ1n) is 11.7. The highest BCUT2D eigenvalue weighted by molar-refractivity contribution is 8.13. The van der Waals surface area contributed by atoms with Gasteiger partial charge in [-0.2, -0.15) is 13.2 Å². The van der Waals surface area contributed by atoms with Gasteiger partial charge in [-0.15, -0.1) is 11.8 Å². The summed E-state index contributed by atoms with van der Waals surface area (Å²) in [6.07, 6.45) is 2.71. The van der Waals surface area contributed by atoms with E-state index in [2.05, 4.69) is 11.6 Å². The highest BCUT2D eigenvalue weighted by atomic mass is 32.2. The summed E-state index contributed by atoms with van der Waals surface area (Å²) < 4.78 is 44.6. The zero-order valence-corrected chi connectivity index (χ0v) is 21.3. The maximum absolute atomic E-state index is 12.8. The van der Waals surface area contributed by atoms with Crippen LogP contribution in [0.2, 0.25) is 0 Å². The van der Waals surface area contributed by atoms with Gasteiger partial charge < -0.3 is 9.84 Å². The van der Waals surface area contributed by atoms with Crippen molar-refractivity contribution in [1.82, 2.24) is 0 Å². The summed E-state index contributed by atoms with van der Waals surface area (Å²) in [6.45, 7) is 7.54. The standard InChI is InChI=1S/C27H34F3NO3S/c1-5-22(27(28,29)30)12-8-18(2)19(3)17-35-25(31-4)7-6-14-34-24-15-20(16-26(32)33)9-13-23(24)21-10-11-21/h5,8-9,12-13,15,19,21H,1,6-7,10-11,14,16-17H2,2-4H3,(H,32,33)/b18-8+,22-12+,31-25?. The predicted octanol–water partition coefficient (Wildman–Crippen LogP) is 7.37. The number of aliphatic imine (C=N–C) groups is 1. The lowest BCUT2D eigenvalue weighted by Gasteiger charge is -2.14. The van der Waals surface area contributed by atoms with Crippen LogP contribution in [0.5, 0.6) is 5.75 Å². The number of hydrogen-bond donors (Lipinski definition) is 1. The molecule has 0 amide bonds. The summed E-state index contributed by atoms with van der Waals surface area (Å²) in [7, 11) is 1.74. The second-order valence-electron chi connectivity index (χ2n) is 8.73. The Morgan fingerprint density at radius 3 is 2.63 bits per heavy atom. The van der Waals surface area contributed by atoms with Gasteiger partial charge in [0.05, 0.1) is 23.6 Å². The van der Waals surface area contributed by atoms with Gasteiger partial charge in [-0.05, 0) is 61.6 Å². The van der Waals surface area contributed by atoms with Gasteiger partial charge in [-0.1, -0.05) is 49.4 Å². The number of hydrogen-bond acceptors (Lipinski definition) is 4. The lowest BCUT2D eigenvalue weighted by molar-refractivity contribution is -0.136. The molecule has 0 heterocycles. The van der Waals surface area contributed by atoms with Gasteiger partial charge in [0.15, 0.2) is 0 Å². The Balaban J connectivity index is 1.84. The molecule has 4 nitrogen and oxygen atoms in total. The summed E-state index contributed by atoms with van der Waals surface area (Å²) >= 11 is 1.60. The van der Waals surface area contributed by atoms with E-state index in [9.17, 15) is 18.0 Å². The third kappa shape index (κ3) is 9.96. The minimum atomic E-state index is -4.41. The molecule has 0 saturated heterocycles. The molecule has 1 atom stereocenters. The average molecular weight is 510 g/mol. The molecule has 192 valence electrons. The maximum Gasteiger partial charge on any atom is 0.416 e. The molecule has 1 fully saturated rings. The molecule has 0 aromatic heterocycles. The summed E-state index contributed by atoms with van der Waals surface area (Å²) in [5.74, 6) is 1.20. The minimum Gasteiger partial charge on any atom is -0.493 e. The zero-order chi connectivity index (χ0) is 26.0. The smallest absolute Gasteiger partial charge is 0.416 e. The van der Waals surface area contributed by atoms with Crippen LogP contribution in [-0.4, -0.2) is 41.7 Å². The Hall–Kier alpha value is -2.48. The number of carboxylic acid groups (broad SMARTS) is 1. The molecule has 1 aromatic carbocycles. The topological polar surface area (TPSA) is 58.9 Å². The van der Waals surface area contributed by atoms with Crippen LogP contribution in [-0.2, 0) is 11.2 Å². The van der Waals surface area contributed by atoms with Crippen molar-refractivity contribution in [2.75, 3.05) is 19.4 Å². The largest absolute Gasteiger partial charge is 0.493 e. The fourth-order valence-corrected chi connectivity index (χ4v) is 4.51. The fraction of sp³-hybridized carbons (Fsp3) is 0.481. The molecule has 1 saturated carbocycles. The van der Waals surface area contributed by atoms with Crippen molar-refractivity contribution in [2.45, 2.75) is 58.0 Å². The number of alkyl halides is 3. The number of allylic oxidation sites excluding steroid dienone is 5. The Labute approximate surface area is 210 Å². The van der Waals surface area contributed by atoms with Crippen LogP contribution in [0.3, 0.4) is 0 Å². The summed E-state index contributed by atoms with van der Waals surface area (Å²) in [4.78, 5) is 15.4. The van der Waals surface area contributed by atoms with Crippen LogP contribution >= 0.6 is 11.8 Å². The third-order valence-electron chi connectivity index (χ3n) is 5.84. The second-order valence-corrected chi connectivity index (χ2v) is 9.83. The molecule has 0 radical (unpaired) electrons.